The molecule has 0 aliphatic carbocycles. The topological polar surface area (TPSA) is 75.6 Å². The lowest BCUT2D eigenvalue weighted by Gasteiger charge is -2.27. The normalized spacial score (nSPS) is 13.1. The van der Waals surface area contributed by atoms with Gasteiger partial charge in [0.15, 0.2) is 5.60 Å². The van der Waals surface area contributed by atoms with Gasteiger partial charge in [-0.2, -0.15) is 0 Å². The van der Waals surface area contributed by atoms with E-state index >= 15 is 0 Å². The maximum atomic E-state index is 12.5. The molecule has 1 atom stereocenters. The van der Waals surface area contributed by atoms with Gasteiger partial charge in [-0.3, -0.25) is 4.79 Å². The maximum Gasteiger partial charge on any atom is 0.335 e. The standard InChI is InChI=1S/C19H21NO4/c1-19(24-2,16-9-4-3-5-10-16)18(23)20-12-11-14-7-6-8-15(13-14)17(21)22/h3-10,13H,11-12H2,1-2H3,(H,20,23)(H,21,22)/t19-/m1/s1. The lowest BCUT2D eigenvalue weighted by atomic mass is 9.94. The molecule has 0 aliphatic heterocycles. The van der Waals surface area contributed by atoms with E-state index in [1.54, 1.807) is 25.1 Å². The molecule has 2 aromatic rings. The number of nitrogens with one attached hydrogen (secondary N) is 1. The van der Waals surface area contributed by atoms with E-state index in [1.807, 2.05) is 36.4 Å². The molecule has 0 saturated heterocycles. The molecule has 0 aromatic heterocycles. The van der Waals surface area contributed by atoms with Crippen LogP contribution in [-0.2, 0) is 21.6 Å². The van der Waals surface area contributed by atoms with Gasteiger partial charge in [-0.15, -0.1) is 0 Å². The van der Waals surface area contributed by atoms with E-state index in [9.17, 15) is 9.59 Å². The number of rotatable bonds is 7. The number of benzene rings is 2. The van der Waals surface area contributed by atoms with E-state index in [1.165, 1.54) is 7.11 Å². The van der Waals surface area contributed by atoms with Crippen LogP contribution < -0.4 is 5.32 Å². The minimum atomic E-state index is -1.07. The molecule has 0 heterocycles. The van der Waals surface area contributed by atoms with Crippen LogP contribution in [0.3, 0.4) is 0 Å². The Morgan fingerprint density at radius 2 is 1.83 bits per heavy atom. The Hall–Kier alpha value is -2.66. The number of carboxylic acids is 1. The number of amides is 1. The predicted octanol–water partition coefficient (Wildman–Crippen LogP) is 2.61. The van der Waals surface area contributed by atoms with Crippen LogP contribution in [0.15, 0.2) is 54.6 Å². The molecule has 5 nitrogen and oxygen atoms in total. The number of carbonyl (C=O) groups is 2. The number of hydrogen-bond acceptors (Lipinski definition) is 3. The number of methoxy groups -OCH3 is 1. The van der Waals surface area contributed by atoms with Gasteiger partial charge in [0.05, 0.1) is 5.56 Å². The Morgan fingerprint density at radius 1 is 1.12 bits per heavy atom. The van der Waals surface area contributed by atoms with Crippen molar-refractivity contribution in [1.82, 2.24) is 5.32 Å². The summed E-state index contributed by atoms with van der Waals surface area (Å²) in [4.78, 5) is 23.5. The fourth-order valence-corrected chi connectivity index (χ4v) is 2.45. The summed E-state index contributed by atoms with van der Waals surface area (Å²) < 4.78 is 5.45. The van der Waals surface area contributed by atoms with Gasteiger partial charge in [-0.25, -0.2) is 4.79 Å². The summed E-state index contributed by atoms with van der Waals surface area (Å²) in [5.41, 5.74) is 0.807. The van der Waals surface area contributed by atoms with Crippen molar-refractivity contribution in [3.05, 3.63) is 71.3 Å². The summed E-state index contributed by atoms with van der Waals surface area (Å²) in [5.74, 6) is -1.19. The van der Waals surface area contributed by atoms with Crippen molar-refractivity contribution in [3.63, 3.8) is 0 Å². The van der Waals surface area contributed by atoms with E-state index in [0.717, 1.165) is 11.1 Å². The zero-order valence-electron chi connectivity index (χ0n) is 13.8. The molecule has 0 bridgehead atoms. The summed E-state index contributed by atoms with van der Waals surface area (Å²) in [5, 5.41) is 11.9. The first-order valence-corrected chi connectivity index (χ1v) is 7.68. The number of aromatic carboxylic acids is 1. The largest absolute Gasteiger partial charge is 0.478 e. The van der Waals surface area contributed by atoms with E-state index in [-0.39, 0.29) is 11.5 Å². The van der Waals surface area contributed by atoms with Crippen LogP contribution in [0.1, 0.15) is 28.4 Å². The highest BCUT2D eigenvalue weighted by Gasteiger charge is 2.34. The molecule has 5 heteroatoms. The Bertz CT molecular complexity index is 714. The average molecular weight is 327 g/mol. The van der Waals surface area contributed by atoms with E-state index < -0.39 is 11.6 Å². The molecule has 2 N–H and O–H groups in total. The number of carbonyl (C=O) groups excluding carboxylic acids is 1. The summed E-state index contributed by atoms with van der Waals surface area (Å²) in [6.07, 6.45) is 0.543. The highest BCUT2D eigenvalue weighted by molar-refractivity contribution is 5.88. The zero-order valence-corrected chi connectivity index (χ0v) is 13.8. The molecule has 0 fully saturated rings. The molecule has 0 radical (unpaired) electrons. The smallest absolute Gasteiger partial charge is 0.335 e. The molecule has 0 unspecified atom stereocenters. The van der Waals surface area contributed by atoms with Gasteiger partial charge < -0.3 is 15.2 Å². The van der Waals surface area contributed by atoms with Crippen LogP contribution in [0.4, 0.5) is 0 Å². The first-order valence-electron chi connectivity index (χ1n) is 7.68. The van der Waals surface area contributed by atoms with Crippen molar-refractivity contribution in [2.45, 2.75) is 18.9 Å². The minimum absolute atomic E-state index is 0.231. The number of ether oxygens (including phenoxy) is 1. The van der Waals surface area contributed by atoms with E-state index in [2.05, 4.69) is 5.32 Å². The third-order valence-electron chi connectivity index (χ3n) is 4.04. The van der Waals surface area contributed by atoms with Crippen LogP contribution in [0.25, 0.3) is 0 Å². The molecule has 1 amide bonds. The van der Waals surface area contributed by atoms with Crippen LogP contribution in [0, 0.1) is 0 Å². The van der Waals surface area contributed by atoms with Crippen LogP contribution in [-0.4, -0.2) is 30.6 Å². The summed E-state index contributed by atoms with van der Waals surface area (Å²) >= 11 is 0. The average Bonchev–Trinajstić information content (AvgIpc) is 2.61. The van der Waals surface area contributed by atoms with Crippen LogP contribution in [0.2, 0.25) is 0 Å². The van der Waals surface area contributed by atoms with Gasteiger partial charge in [0.1, 0.15) is 0 Å². The fraction of sp³-hybridized carbons (Fsp3) is 0.263. The molecule has 2 aromatic carbocycles. The molecule has 2 rings (SSSR count). The van der Waals surface area contributed by atoms with Crippen molar-refractivity contribution >= 4 is 11.9 Å². The SMILES string of the molecule is CO[C@@](C)(C(=O)NCCc1cccc(C(=O)O)c1)c1ccccc1. The first kappa shape index (κ1) is 17.7. The van der Waals surface area contributed by atoms with Gasteiger partial charge in [0.2, 0.25) is 0 Å². The van der Waals surface area contributed by atoms with Gasteiger partial charge in [0.25, 0.3) is 5.91 Å². The predicted molar refractivity (Wildman–Crippen MR) is 90.9 cm³/mol. The highest BCUT2D eigenvalue weighted by Crippen LogP contribution is 2.24. The maximum absolute atomic E-state index is 12.5. The van der Waals surface area contributed by atoms with Crippen molar-refractivity contribution < 1.29 is 19.4 Å². The van der Waals surface area contributed by atoms with Gasteiger partial charge in [-0.1, -0.05) is 42.5 Å². The molecule has 24 heavy (non-hydrogen) atoms. The lowest BCUT2D eigenvalue weighted by molar-refractivity contribution is -0.142. The Balaban J connectivity index is 1.99. The Morgan fingerprint density at radius 3 is 2.46 bits per heavy atom. The molecular weight excluding hydrogens is 306 g/mol. The Kier molecular flexibility index (Phi) is 5.71. The quantitative estimate of drug-likeness (QED) is 0.819. The molecule has 0 saturated carbocycles. The second kappa shape index (κ2) is 7.75. The Labute approximate surface area is 141 Å². The monoisotopic (exact) mass is 327 g/mol. The van der Waals surface area contributed by atoms with Crippen molar-refractivity contribution in [2.75, 3.05) is 13.7 Å². The first-order chi connectivity index (χ1) is 11.5. The molecule has 126 valence electrons. The summed E-state index contributed by atoms with van der Waals surface area (Å²) in [6, 6.07) is 16.0. The van der Waals surface area contributed by atoms with Gasteiger partial charge >= 0.3 is 5.97 Å². The van der Waals surface area contributed by atoms with Gasteiger partial charge in [0, 0.05) is 13.7 Å². The van der Waals surface area contributed by atoms with Crippen molar-refractivity contribution in [2.24, 2.45) is 0 Å². The number of hydrogen-bond donors (Lipinski definition) is 2. The second-order valence-corrected chi connectivity index (χ2v) is 5.61. The molecule has 0 spiro atoms. The third-order valence-corrected chi connectivity index (χ3v) is 4.04. The summed E-state index contributed by atoms with van der Waals surface area (Å²) in [7, 11) is 1.50. The van der Waals surface area contributed by atoms with Crippen molar-refractivity contribution in [1.29, 1.82) is 0 Å². The minimum Gasteiger partial charge on any atom is -0.478 e. The summed E-state index contributed by atoms with van der Waals surface area (Å²) in [6.45, 7) is 2.12. The number of carboxylic acid groups (broad SMARTS) is 1. The highest BCUT2D eigenvalue weighted by atomic mass is 16.5. The van der Waals surface area contributed by atoms with E-state index in [0.29, 0.717) is 13.0 Å². The van der Waals surface area contributed by atoms with Crippen LogP contribution in [0.5, 0.6) is 0 Å². The lowest BCUT2D eigenvalue weighted by Crippen LogP contribution is -2.44. The zero-order chi connectivity index (χ0) is 17.6. The third kappa shape index (κ3) is 4.00. The second-order valence-electron chi connectivity index (χ2n) is 5.61. The van der Waals surface area contributed by atoms with Crippen molar-refractivity contribution in [3.8, 4) is 0 Å². The fourth-order valence-electron chi connectivity index (χ4n) is 2.45. The molecule has 0 aliphatic rings. The van der Waals surface area contributed by atoms with Crippen LogP contribution >= 0.6 is 0 Å². The van der Waals surface area contributed by atoms with E-state index in [4.69, 9.17) is 9.84 Å². The molecular formula is C19H21NO4. The van der Waals surface area contributed by atoms with Gasteiger partial charge in [-0.05, 0) is 36.6 Å².